The van der Waals surface area contributed by atoms with Gasteiger partial charge in [-0.3, -0.25) is 4.79 Å². The lowest BCUT2D eigenvalue weighted by atomic mass is 10.2. The van der Waals surface area contributed by atoms with Crippen LogP contribution in [0.1, 0.15) is 17.1 Å². The van der Waals surface area contributed by atoms with Gasteiger partial charge in [-0.05, 0) is 48.9 Å². The molecule has 0 aliphatic carbocycles. The van der Waals surface area contributed by atoms with E-state index in [1.165, 1.54) is 12.1 Å². The molecule has 1 amide bonds. The molecular formula is C22H20FN3O2S. The molecule has 1 N–H and O–H groups in total. The molecule has 29 heavy (non-hydrogen) atoms. The van der Waals surface area contributed by atoms with Crippen LogP contribution in [0.25, 0.3) is 10.9 Å². The number of hydrogen-bond donors (Lipinski definition) is 1. The van der Waals surface area contributed by atoms with E-state index in [1.807, 2.05) is 42.0 Å². The summed E-state index contributed by atoms with van der Waals surface area (Å²) in [5, 5.41) is 4.76. The number of halogens is 1. The van der Waals surface area contributed by atoms with Gasteiger partial charge in [-0.1, -0.05) is 12.1 Å². The maximum atomic E-state index is 13.1. The number of nitrogens with zero attached hydrogens (tertiary/aromatic N) is 2. The standard InChI is InChI=1S/C22H20FN3O2S/c1-15-2-7-18(28-15)12-25-21(27)13-26-11-9-19-20(26)8-10-24-22(19)29-14-16-3-5-17(23)6-4-16/h2-11H,12-14H2,1H3,(H,25,27). The van der Waals surface area contributed by atoms with Gasteiger partial charge in [-0.25, -0.2) is 9.37 Å². The van der Waals surface area contributed by atoms with Gasteiger partial charge in [0.15, 0.2) is 0 Å². The van der Waals surface area contributed by atoms with Crippen LogP contribution in [0.4, 0.5) is 4.39 Å². The molecule has 3 heterocycles. The number of hydrogen-bond acceptors (Lipinski definition) is 4. The molecule has 0 unspecified atom stereocenters. The Labute approximate surface area is 171 Å². The summed E-state index contributed by atoms with van der Waals surface area (Å²) >= 11 is 1.59. The maximum absolute atomic E-state index is 13.1. The number of fused-ring (bicyclic) bond motifs is 1. The number of amides is 1. The molecule has 0 aliphatic heterocycles. The number of benzene rings is 1. The lowest BCUT2D eigenvalue weighted by Crippen LogP contribution is -2.26. The first-order valence-corrected chi connectivity index (χ1v) is 10.2. The normalized spacial score (nSPS) is 11.1. The lowest BCUT2D eigenvalue weighted by Gasteiger charge is -2.07. The molecule has 0 atom stereocenters. The Hall–Kier alpha value is -3.06. The Morgan fingerprint density at radius 2 is 2.00 bits per heavy atom. The Morgan fingerprint density at radius 3 is 2.76 bits per heavy atom. The van der Waals surface area contributed by atoms with Gasteiger partial charge in [0.1, 0.15) is 28.9 Å². The average Bonchev–Trinajstić information content (AvgIpc) is 3.32. The maximum Gasteiger partial charge on any atom is 0.240 e. The summed E-state index contributed by atoms with van der Waals surface area (Å²) in [5.74, 6) is 1.92. The smallest absolute Gasteiger partial charge is 0.240 e. The van der Waals surface area contributed by atoms with Gasteiger partial charge in [0.25, 0.3) is 0 Å². The lowest BCUT2D eigenvalue weighted by molar-refractivity contribution is -0.121. The van der Waals surface area contributed by atoms with Gasteiger partial charge in [0.2, 0.25) is 5.91 Å². The number of pyridine rings is 1. The van der Waals surface area contributed by atoms with E-state index in [1.54, 1.807) is 30.1 Å². The van der Waals surface area contributed by atoms with E-state index in [-0.39, 0.29) is 18.3 Å². The van der Waals surface area contributed by atoms with E-state index in [4.69, 9.17) is 4.42 Å². The molecule has 1 aromatic carbocycles. The van der Waals surface area contributed by atoms with Crippen LogP contribution >= 0.6 is 11.8 Å². The molecule has 0 radical (unpaired) electrons. The van der Waals surface area contributed by atoms with Crippen molar-refractivity contribution in [1.82, 2.24) is 14.9 Å². The minimum atomic E-state index is -0.239. The van der Waals surface area contributed by atoms with Crippen LogP contribution in [-0.4, -0.2) is 15.5 Å². The highest BCUT2D eigenvalue weighted by atomic mass is 32.2. The highest BCUT2D eigenvalue weighted by molar-refractivity contribution is 7.98. The molecule has 0 fully saturated rings. The fraction of sp³-hybridized carbons (Fsp3) is 0.182. The molecule has 0 saturated heterocycles. The van der Waals surface area contributed by atoms with Crippen LogP contribution in [0.3, 0.4) is 0 Å². The largest absolute Gasteiger partial charge is 0.465 e. The van der Waals surface area contributed by atoms with Crippen LogP contribution in [0, 0.1) is 12.7 Å². The van der Waals surface area contributed by atoms with Crippen molar-refractivity contribution in [3.63, 3.8) is 0 Å². The van der Waals surface area contributed by atoms with Crippen molar-refractivity contribution in [2.75, 3.05) is 0 Å². The first-order chi connectivity index (χ1) is 14.1. The van der Waals surface area contributed by atoms with Crippen molar-refractivity contribution < 1.29 is 13.6 Å². The Morgan fingerprint density at radius 1 is 1.17 bits per heavy atom. The Bertz CT molecular complexity index is 1130. The summed E-state index contributed by atoms with van der Waals surface area (Å²) in [5.41, 5.74) is 1.98. The number of rotatable bonds is 7. The minimum Gasteiger partial charge on any atom is -0.465 e. The fourth-order valence-electron chi connectivity index (χ4n) is 3.06. The summed E-state index contributed by atoms with van der Waals surface area (Å²) in [7, 11) is 0. The zero-order valence-electron chi connectivity index (χ0n) is 15.9. The van der Waals surface area contributed by atoms with E-state index in [2.05, 4.69) is 10.3 Å². The number of thioether (sulfide) groups is 1. The molecule has 0 aliphatic rings. The number of nitrogens with one attached hydrogen (secondary N) is 1. The zero-order chi connectivity index (χ0) is 20.2. The number of aryl methyl sites for hydroxylation is 1. The van der Waals surface area contributed by atoms with Crippen molar-refractivity contribution in [3.8, 4) is 0 Å². The number of furan rings is 1. The van der Waals surface area contributed by atoms with E-state index >= 15 is 0 Å². The topological polar surface area (TPSA) is 60.1 Å². The van der Waals surface area contributed by atoms with E-state index in [0.717, 1.165) is 33.0 Å². The predicted molar refractivity (Wildman–Crippen MR) is 111 cm³/mol. The summed E-state index contributed by atoms with van der Waals surface area (Å²) in [4.78, 5) is 16.8. The summed E-state index contributed by atoms with van der Waals surface area (Å²) in [6.07, 6.45) is 3.64. The van der Waals surface area contributed by atoms with Gasteiger partial charge in [0, 0.05) is 23.5 Å². The molecule has 5 nitrogen and oxygen atoms in total. The summed E-state index contributed by atoms with van der Waals surface area (Å²) < 4.78 is 20.4. The van der Waals surface area contributed by atoms with E-state index < -0.39 is 0 Å². The summed E-state index contributed by atoms with van der Waals surface area (Å²) in [6.45, 7) is 2.46. The number of aromatic nitrogens is 2. The number of carbonyl (C=O) groups is 1. The van der Waals surface area contributed by atoms with Crippen molar-refractivity contribution >= 4 is 28.6 Å². The third kappa shape index (κ3) is 4.68. The Balaban J connectivity index is 1.42. The molecule has 3 aromatic heterocycles. The molecule has 0 saturated carbocycles. The van der Waals surface area contributed by atoms with Crippen LogP contribution < -0.4 is 5.32 Å². The molecule has 4 rings (SSSR count). The van der Waals surface area contributed by atoms with Gasteiger partial charge in [0.05, 0.1) is 12.1 Å². The van der Waals surface area contributed by atoms with Gasteiger partial charge >= 0.3 is 0 Å². The minimum absolute atomic E-state index is 0.0890. The molecule has 0 bridgehead atoms. The second-order valence-corrected chi connectivity index (χ2v) is 7.66. The second-order valence-electron chi connectivity index (χ2n) is 6.70. The highest BCUT2D eigenvalue weighted by Gasteiger charge is 2.11. The second kappa shape index (κ2) is 8.53. The van der Waals surface area contributed by atoms with Crippen LogP contribution in [0.2, 0.25) is 0 Å². The van der Waals surface area contributed by atoms with Crippen LogP contribution in [0.5, 0.6) is 0 Å². The molecular weight excluding hydrogens is 389 g/mol. The van der Waals surface area contributed by atoms with Crippen LogP contribution in [0.15, 0.2) is 70.4 Å². The monoisotopic (exact) mass is 409 g/mol. The Kier molecular flexibility index (Phi) is 5.67. The van der Waals surface area contributed by atoms with Crippen molar-refractivity contribution in [1.29, 1.82) is 0 Å². The quantitative estimate of drug-likeness (QED) is 0.450. The third-order valence-corrected chi connectivity index (χ3v) is 5.60. The third-order valence-electron chi connectivity index (χ3n) is 4.52. The highest BCUT2D eigenvalue weighted by Crippen LogP contribution is 2.29. The van der Waals surface area contributed by atoms with Crippen molar-refractivity contribution in [2.24, 2.45) is 0 Å². The zero-order valence-corrected chi connectivity index (χ0v) is 16.7. The first kappa shape index (κ1) is 19.3. The van der Waals surface area contributed by atoms with Gasteiger partial charge in [-0.15, -0.1) is 11.8 Å². The molecule has 148 valence electrons. The number of carbonyl (C=O) groups excluding carboxylic acids is 1. The van der Waals surface area contributed by atoms with Crippen molar-refractivity contribution in [3.05, 3.63) is 83.8 Å². The van der Waals surface area contributed by atoms with Crippen molar-refractivity contribution in [2.45, 2.75) is 30.8 Å². The predicted octanol–water partition coefficient (Wildman–Crippen LogP) is 4.69. The van der Waals surface area contributed by atoms with E-state index in [9.17, 15) is 9.18 Å². The average molecular weight is 409 g/mol. The van der Waals surface area contributed by atoms with E-state index in [0.29, 0.717) is 12.3 Å². The molecule has 0 spiro atoms. The first-order valence-electron chi connectivity index (χ1n) is 9.21. The molecule has 7 heteroatoms. The van der Waals surface area contributed by atoms with Gasteiger partial charge in [-0.2, -0.15) is 0 Å². The van der Waals surface area contributed by atoms with Gasteiger partial charge < -0.3 is 14.3 Å². The summed E-state index contributed by atoms with van der Waals surface area (Å²) in [6, 6.07) is 14.1. The SMILES string of the molecule is Cc1ccc(CNC(=O)Cn2ccc3c(SCc4ccc(F)cc4)nccc32)o1. The van der Waals surface area contributed by atoms with Crippen LogP contribution in [-0.2, 0) is 23.6 Å². The fourth-order valence-corrected chi connectivity index (χ4v) is 4.02. The molecule has 4 aromatic rings.